The van der Waals surface area contributed by atoms with Gasteiger partial charge >= 0.3 is 0 Å². The average molecular weight is 273 g/mol. The quantitative estimate of drug-likeness (QED) is 0.861. The van der Waals surface area contributed by atoms with Gasteiger partial charge in [0.2, 0.25) is 0 Å². The molecule has 0 unspecified atom stereocenters. The fourth-order valence-electron chi connectivity index (χ4n) is 3.61. The Kier molecular flexibility index (Phi) is 3.79. The largest absolute Gasteiger partial charge is 0.493 e. The topological polar surface area (TPSA) is 52.3 Å². The minimum Gasteiger partial charge on any atom is -0.493 e. The molecular weight excluding hydrogens is 250 g/mol. The van der Waals surface area contributed by atoms with Crippen LogP contribution in [0, 0.1) is 5.41 Å². The van der Waals surface area contributed by atoms with Gasteiger partial charge in [0, 0.05) is 12.0 Å². The van der Waals surface area contributed by atoms with Gasteiger partial charge in [0.15, 0.2) is 5.78 Å². The van der Waals surface area contributed by atoms with Gasteiger partial charge in [-0.1, -0.05) is 31.4 Å². The number of aryl methyl sites for hydroxylation is 1. The smallest absolute Gasteiger partial charge is 0.173 e. The van der Waals surface area contributed by atoms with Gasteiger partial charge in [-0.3, -0.25) is 4.79 Å². The summed E-state index contributed by atoms with van der Waals surface area (Å²) in [6, 6.07) is 5.97. The minimum atomic E-state index is -0.353. The van der Waals surface area contributed by atoms with E-state index in [1.54, 1.807) is 0 Å². The normalized spacial score (nSPS) is 20.9. The number of nitrogens with two attached hydrogens (primary N) is 1. The second kappa shape index (κ2) is 5.57. The number of rotatable bonds is 3. The van der Waals surface area contributed by atoms with Crippen LogP contribution in [0.4, 0.5) is 0 Å². The van der Waals surface area contributed by atoms with Gasteiger partial charge in [-0.2, -0.15) is 0 Å². The van der Waals surface area contributed by atoms with Crippen LogP contribution in [0.2, 0.25) is 0 Å². The van der Waals surface area contributed by atoms with Crippen molar-refractivity contribution >= 4 is 5.78 Å². The van der Waals surface area contributed by atoms with Gasteiger partial charge in [-0.25, -0.2) is 0 Å². The molecule has 0 bridgehead atoms. The Labute approximate surface area is 120 Å². The van der Waals surface area contributed by atoms with Crippen molar-refractivity contribution in [2.24, 2.45) is 11.1 Å². The van der Waals surface area contributed by atoms with Crippen LogP contribution in [0.3, 0.4) is 0 Å². The zero-order valence-electron chi connectivity index (χ0n) is 12.0. The van der Waals surface area contributed by atoms with Crippen molar-refractivity contribution in [1.82, 2.24) is 0 Å². The first-order chi connectivity index (χ1) is 9.77. The van der Waals surface area contributed by atoms with Crippen molar-refractivity contribution in [2.45, 2.75) is 44.9 Å². The highest BCUT2D eigenvalue weighted by molar-refractivity contribution is 6.03. The van der Waals surface area contributed by atoms with E-state index in [1.165, 1.54) is 12.0 Å². The number of ether oxygens (including phenoxy) is 1. The van der Waals surface area contributed by atoms with E-state index in [-0.39, 0.29) is 11.2 Å². The average Bonchev–Trinajstić information content (AvgIpc) is 2.54. The van der Waals surface area contributed by atoms with Gasteiger partial charge in [-0.15, -0.1) is 0 Å². The van der Waals surface area contributed by atoms with Crippen LogP contribution in [-0.2, 0) is 6.42 Å². The highest BCUT2D eigenvalue weighted by Gasteiger charge is 2.40. The van der Waals surface area contributed by atoms with E-state index in [1.807, 2.05) is 12.1 Å². The maximum absolute atomic E-state index is 13.1. The van der Waals surface area contributed by atoms with Crippen LogP contribution in [0.15, 0.2) is 18.2 Å². The molecule has 2 aliphatic rings. The molecule has 1 fully saturated rings. The Morgan fingerprint density at radius 2 is 2.00 bits per heavy atom. The van der Waals surface area contributed by atoms with E-state index in [9.17, 15) is 4.79 Å². The van der Waals surface area contributed by atoms with E-state index in [0.717, 1.165) is 49.8 Å². The van der Waals surface area contributed by atoms with Crippen LogP contribution in [0.25, 0.3) is 0 Å². The van der Waals surface area contributed by atoms with E-state index in [4.69, 9.17) is 10.5 Å². The lowest BCUT2D eigenvalue weighted by molar-refractivity contribution is 0.0724. The third kappa shape index (κ3) is 2.24. The highest BCUT2D eigenvalue weighted by atomic mass is 16.5. The number of benzene rings is 1. The number of hydrogen-bond donors (Lipinski definition) is 1. The van der Waals surface area contributed by atoms with Crippen LogP contribution in [0.5, 0.6) is 5.75 Å². The fourth-order valence-corrected chi connectivity index (χ4v) is 3.61. The summed E-state index contributed by atoms with van der Waals surface area (Å²) in [5.41, 5.74) is 7.57. The fraction of sp³-hybridized carbons (Fsp3) is 0.588. The van der Waals surface area contributed by atoms with Crippen molar-refractivity contribution in [3.63, 3.8) is 0 Å². The number of carbonyl (C=O) groups is 1. The van der Waals surface area contributed by atoms with E-state index in [0.29, 0.717) is 13.2 Å². The van der Waals surface area contributed by atoms with E-state index < -0.39 is 0 Å². The lowest BCUT2D eigenvalue weighted by Crippen LogP contribution is -2.40. The Bertz CT molecular complexity index is 504. The zero-order chi connectivity index (χ0) is 14.0. The van der Waals surface area contributed by atoms with E-state index >= 15 is 0 Å². The van der Waals surface area contributed by atoms with Crippen LogP contribution >= 0.6 is 0 Å². The van der Waals surface area contributed by atoms with Gasteiger partial charge < -0.3 is 10.5 Å². The summed E-state index contributed by atoms with van der Waals surface area (Å²) in [6.07, 6.45) is 7.33. The number of fused-ring (bicyclic) bond motifs is 1. The Balaban J connectivity index is 1.97. The second-order valence-electron chi connectivity index (χ2n) is 6.12. The van der Waals surface area contributed by atoms with Crippen molar-refractivity contribution in [3.05, 3.63) is 29.3 Å². The number of para-hydroxylation sites is 1. The molecule has 1 aliphatic heterocycles. The maximum Gasteiger partial charge on any atom is 0.173 e. The second-order valence-corrected chi connectivity index (χ2v) is 6.12. The molecule has 2 N–H and O–H groups in total. The van der Waals surface area contributed by atoms with Crippen LogP contribution in [-0.4, -0.2) is 18.9 Å². The molecule has 3 nitrogen and oxygen atoms in total. The van der Waals surface area contributed by atoms with Gasteiger partial charge in [0.25, 0.3) is 0 Å². The summed E-state index contributed by atoms with van der Waals surface area (Å²) in [4.78, 5) is 13.1. The molecule has 20 heavy (non-hydrogen) atoms. The molecule has 1 saturated carbocycles. The van der Waals surface area contributed by atoms with Crippen molar-refractivity contribution in [1.29, 1.82) is 0 Å². The summed E-state index contributed by atoms with van der Waals surface area (Å²) in [7, 11) is 0. The summed E-state index contributed by atoms with van der Waals surface area (Å²) in [5.74, 6) is 1.03. The molecule has 0 radical (unpaired) electrons. The highest BCUT2D eigenvalue weighted by Crippen LogP contribution is 2.41. The first-order valence-electron chi connectivity index (χ1n) is 7.76. The number of Topliss-reactive ketones (excluding diaryl/α,β-unsaturated/α-hetero) is 1. The summed E-state index contributed by atoms with van der Waals surface area (Å²) >= 11 is 0. The monoisotopic (exact) mass is 273 g/mol. The van der Waals surface area contributed by atoms with Gasteiger partial charge in [0.05, 0.1) is 12.2 Å². The number of hydrogen-bond acceptors (Lipinski definition) is 3. The van der Waals surface area contributed by atoms with Crippen LogP contribution in [0.1, 0.15) is 54.4 Å². The maximum atomic E-state index is 13.1. The summed E-state index contributed by atoms with van der Waals surface area (Å²) in [6.45, 7) is 1.17. The van der Waals surface area contributed by atoms with Gasteiger partial charge in [-0.05, 0) is 37.3 Å². The molecule has 0 atom stereocenters. The lowest BCUT2D eigenvalue weighted by atomic mass is 9.69. The molecule has 3 heteroatoms. The van der Waals surface area contributed by atoms with Crippen molar-refractivity contribution < 1.29 is 9.53 Å². The molecule has 0 aromatic heterocycles. The molecule has 1 heterocycles. The molecular formula is C17H23NO2. The minimum absolute atomic E-state index is 0.207. The molecule has 1 aromatic carbocycles. The number of carbonyl (C=O) groups excluding carboxylic acids is 1. The van der Waals surface area contributed by atoms with Crippen molar-refractivity contribution in [3.8, 4) is 5.75 Å². The third-order valence-corrected chi connectivity index (χ3v) is 4.86. The van der Waals surface area contributed by atoms with E-state index in [2.05, 4.69) is 6.07 Å². The predicted octanol–water partition coefficient (Wildman–Crippen LogP) is 3.10. The van der Waals surface area contributed by atoms with Crippen LogP contribution < -0.4 is 10.5 Å². The predicted molar refractivity (Wildman–Crippen MR) is 79.2 cm³/mol. The standard InChI is InChI=1S/C17H23NO2/c18-12-17(9-2-1-3-10-17)16(19)14-8-4-6-13-7-5-11-20-15(13)14/h4,6,8H,1-3,5,7,9-12,18H2. The molecule has 1 aliphatic carbocycles. The molecule has 3 rings (SSSR count). The third-order valence-electron chi connectivity index (χ3n) is 4.86. The molecule has 0 saturated heterocycles. The Hall–Kier alpha value is -1.35. The van der Waals surface area contributed by atoms with Crippen molar-refractivity contribution in [2.75, 3.05) is 13.2 Å². The molecule has 1 aromatic rings. The first kappa shape index (κ1) is 13.6. The Morgan fingerprint density at radius 3 is 2.75 bits per heavy atom. The molecule has 0 spiro atoms. The SMILES string of the molecule is NCC1(C(=O)c2cccc3c2OCCC3)CCCCC1. The Morgan fingerprint density at radius 1 is 1.20 bits per heavy atom. The first-order valence-corrected chi connectivity index (χ1v) is 7.76. The number of ketones is 1. The molecule has 108 valence electrons. The molecule has 0 amide bonds. The van der Waals surface area contributed by atoms with Gasteiger partial charge in [0.1, 0.15) is 5.75 Å². The lowest BCUT2D eigenvalue weighted by Gasteiger charge is -2.35. The zero-order valence-corrected chi connectivity index (χ0v) is 12.0. The summed E-state index contributed by atoms with van der Waals surface area (Å²) in [5, 5.41) is 0. The summed E-state index contributed by atoms with van der Waals surface area (Å²) < 4.78 is 5.79.